The van der Waals surface area contributed by atoms with E-state index in [1.54, 1.807) is 0 Å². The minimum atomic E-state index is 1.05. The maximum atomic E-state index is 4.57. The summed E-state index contributed by atoms with van der Waals surface area (Å²) in [6.45, 7) is 10.5. The molecule has 0 bridgehead atoms. The van der Waals surface area contributed by atoms with E-state index in [2.05, 4.69) is 64.8 Å². The minimum Gasteiger partial charge on any atom is -0.369 e. The zero-order valence-corrected chi connectivity index (χ0v) is 12.5. The SMILES string of the molecule is Cc1nc(C)n(-c2cccc(N3CCNCC3)c2)c1C. The predicted molar refractivity (Wildman–Crippen MR) is 82.9 cm³/mol. The molecule has 4 nitrogen and oxygen atoms in total. The molecule has 1 aliphatic heterocycles. The Morgan fingerprint density at radius 3 is 2.40 bits per heavy atom. The van der Waals surface area contributed by atoms with E-state index in [0.717, 1.165) is 37.7 Å². The summed E-state index contributed by atoms with van der Waals surface area (Å²) in [7, 11) is 0. The molecule has 106 valence electrons. The molecule has 0 aliphatic carbocycles. The van der Waals surface area contributed by atoms with Crippen molar-refractivity contribution in [1.82, 2.24) is 14.9 Å². The van der Waals surface area contributed by atoms with Crippen LogP contribution in [0.3, 0.4) is 0 Å². The average molecular weight is 270 g/mol. The number of anilines is 1. The van der Waals surface area contributed by atoms with Gasteiger partial charge in [-0.3, -0.25) is 0 Å². The normalized spacial score (nSPS) is 15.7. The molecule has 1 aromatic carbocycles. The van der Waals surface area contributed by atoms with E-state index in [1.165, 1.54) is 17.1 Å². The van der Waals surface area contributed by atoms with Crippen molar-refractivity contribution in [3.05, 3.63) is 41.5 Å². The van der Waals surface area contributed by atoms with Gasteiger partial charge in [-0.05, 0) is 39.0 Å². The number of aryl methyl sites for hydroxylation is 2. The van der Waals surface area contributed by atoms with E-state index >= 15 is 0 Å². The summed E-state index contributed by atoms with van der Waals surface area (Å²) in [5.41, 5.74) is 4.83. The van der Waals surface area contributed by atoms with Crippen molar-refractivity contribution in [3.63, 3.8) is 0 Å². The number of hydrogen-bond acceptors (Lipinski definition) is 3. The van der Waals surface area contributed by atoms with E-state index in [1.807, 2.05) is 0 Å². The molecule has 0 unspecified atom stereocenters. The van der Waals surface area contributed by atoms with Crippen LogP contribution in [0.2, 0.25) is 0 Å². The number of hydrogen-bond donors (Lipinski definition) is 1. The first kappa shape index (κ1) is 13.2. The van der Waals surface area contributed by atoms with Crippen LogP contribution in [0, 0.1) is 20.8 Å². The second kappa shape index (κ2) is 5.29. The van der Waals surface area contributed by atoms with Crippen molar-refractivity contribution < 1.29 is 0 Å². The summed E-state index contributed by atoms with van der Waals surface area (Å²) in [5.74, 6) is 1.05. The van der Waals surface area contributed by atoms with Crippen LogP contribution in [0.25, 0.3) is 5.69 Å². The van der Waals surface area contributed by atoms with Gasteiger partial charge in [0.05, 0.1) is 5.69 Å². The Kier molecular flexibility index (Phi) is 3.49. The Bertz CT molecular complexity index is 609. The molecule has 1 fully saturated rings. The number of nitrogens with one attached hydrogen (secondary N) is 1. The first-order valence-corrected chi connectivity index (χ1v) is 7.25. The summed E-state index contributed by atoms with van der Waals surface area (Å²) >= 11 is 0. The fraction of sp³-hybridized carbons (Fsp3) is 0.438. The largest absolute Gasteiger partial charge is 0.369 e. The molecular weight excluding hydrogens is 248 g/mol. The lowest BCUT2D eigenvalue weighted by Crippen LogP contribution is -2.43. The van der Waals surface area contributed by atoms with Crippen molar-refractivity contribution in [1.29, 1.82) is 0 Å². The molecule has 1 aliphatic rings. The number of benzene rings is 1. The summed E-state index contributed by atoms with van der Waals surface area (Å²) in [5, 5.41) is 3.40. The fourth-order valence-electron chi connectivity index (χ4n) is 2.91. The molecule has 0 saturated carbocycles. The van der Waals surface area contributed by atoms with Crippen LogP contribution in [-0.4, -0.2) is 35.7 Å². The zero-order chi connectivity index (χ0) is 14.1. The fourth-order valence-corrected chi connectivity index (χ4v) is 2.91. The molecule has 1 N–H and O–H groups in total. The zero-order valence-electron chi connectivity index (χ0n) is 12.5. The Labute approximate surface area is 120 Å². The Morgan fingerprint density at radius 2 is 1.75 bits per heavy atom. The third kappa shape index (κ3) is 2.31. The average Bonchev–Trinajstić information content (AvgIpc) is 2.73. The molecule has 4 heteroatoms. The summed E-state index contributed by atoms with van der Waals surface area (Å²) < 4.78 is 2.24. The first-order valence-electron chi connectivity index (χ1n) is 7.25. The highest BCUT2D eigenvalue weighted by molar-refractivity contribution is 5.54. The topological polar surface area (TPSA) is 33.1 Å². The maximum absolute atomic E-state index is 4.57. The molecule has 0 atom stereocenters. The van der Waals surface area contributed by atoms with E-state index in [9.17, 15) is 0 Å². The molecule has 2 heterocycles. The number of aromatic nitrogens is 2. The first-order chi connectivity index (χ1) is 9.66. The number of piperazine rings is 1. The lowest BCUT2D eigenvalue weighted by molar-refractivity contribution is 0.589. The minimum absolute atomic E-state index is 1.05. The van der Waals surface area contributed by atoms with Gasteiger partial charge in [-0.2, -0.15) is 0 Å². The van der Waals surface area contributed by atoms with Crippen molar-refractivity contribution in [2.75, 3.05) is 31.1 Å². The lowest BCUT2D eigenvalue weighted by Gasteiger charge is -2.29. The molecular formula is C16H22N4. The van der Waals surface area contributed by atoms with Crippen LogP contribution < -0.4 is 10.2 Å². The van der Waals surface area contributed by atoms with E-state index in [0.29, 0.717) is 0 Å². The lowest BCUT2D eigenvalue weighted by atomic mass is 10.2. The highest BCUT2D eigenvalue weighted by atomic mass is 15.2. The molecule has 1 saturated heterocycles. The maximum Gasteiger partial charge on any atom is 0.110 e. The van der Waals surface area contributed by atoms with Crippen LogP contribution in [0.1, 0.15) is 17.2 Å². The van der Waals surface area contributed by atoms with Gasteiger partial charge < -0.3 is 14.8 Å². The summed E-state index contributed by atoms with van der Waals surface area (Å²) in [6.07, 6.45) is 0. The molecule has 2 aromatic rings. The smallest absolute Gasteiger partial charge is 0.110 e. The van der Waals surface area contributed by atoms with Gasteiger partial charge in [-0.15, -0.1) is 0 Å². The van der Waals surface area contributed by atoms with E-state index in [4.69, 9.17) is 0 Å². The van der Waals surface area contributed by atoms with E-state index in [-0.39, 0.29) is 0 Å². The van der Waals surface area contributed by atoms with Crippen LogP contribution in [0.15, 0.2) is 24.3 Å². The van der Waals surface area contributed by atoms with E-state index < -0.39 is 0 Å². The van der Waals surface area contributed by atoms with Crippen molar-refractivity contribution in [2.24, 2.45) is 0 Å². The van der Waals surface area contributed by atoms with Crippen molar-refractivity contribution in [2.45, 2.75) is 20.8 Å². The molecule has 0 radical (unpaired) electrons. The van der Waals surface area contributed by atoms with Gasteiger partial charge in [-0.25, -0.2) is 4.98 Å². The Morgan fingerprint density at radius 1 is 1.05 bits per heavy atom. The second-order valence-electron chi connectivity index (χ2n) is 5.42. The molecule has 3 rings (SSSR count). The molecule has 1 aromatic heterocycles. The van der Waals surface area contributed by atoms with Gasteiger partial charge in [0.2, 0.25) is 0 Å². The highest BCUT2D eigenvalue weighted by Gasteiger charge is 2.13. The quantitative estimate of drug-likeness (QED) is 0.908. The van der Waals surface area contributed by atoms with Crippen molar-refractivity contribution >= 4 is 5.69 Å². The number of rotatable bonds is 2. The van der Waals surface area contributed by atoms with Gasteiger partial charge in [0.1, 0.15) is 5.82 Å². The van der Waals surface area contributed by atoms with Crippen LogP contribution in [0.4, 0.5) is 5.69 Å². The Hall–Kier alpha value is -1.81. The van der Waals surface area contributed by atoms with Crippen LogP contribution in [0.5, 0.6) is 0 Å². The summed E-state index contributed by atoms with van der Waals surface area (Å²) in [4.78, 5) is 7.01. The van der Waals surface area contributed by atoms with Gasteiger partial charge in [0, 0.05) is 43.2 Å². The molecule has 20 heavy (non-hydrogen) atoms. The summed E-state index contributed by atoms with van der Waals surface area (Å²) in [6, 6.07) is 8.77. The van der Waals surface area contributed by atoms with Crippen molar-refractivity contribution in [3.8, 4) is 5.69 Å². The second-order valence-corrected chi connectivity index (χ2v) is 5.42. The van der Waals surface area contributed by atoms with Crippen LogP contribution in [-0.2, 0) is 0 Å². The predicted octanol–water partition coefficient (Wildman–Crippen LogP) is 2.21. The third-order valence-electron chi connectivity index (χ3n) is 4.08. The number of imidazole rings is 1. The molecule has 0 spiro atoms. The monoisotopic (exact) mass is 270 g/mol. The standard InChI is InChI=1S/C16H22N4/c1-12-13(2)20(14(3)18-12)16-6-4-5-15(11-16)19-9-7-17-8-10-19/h4-6,11,17H,7-10H2,1-3H3. The van der Waals surface area contributed by atoms with Gasteiger partial charge >= 0.3 is 0 Å². The molecule has 0 amide bonds. The van der Waals surface area contributed by atoms with Crippen LogP contribution >= 0.6 is 0 Å². The highest BCUT2D eigenvalue weighted by Crippen LogP contribution is 2.22. The van der Waals surface area contributed by atoms with Gasteiger partial charge in [-0.1, -0.05) is 6.07 Å². The van der Waals surface area contributed by atoms with Gasteiger partial charge in [0.15, 0.2) is 0 Å². The Balaban J connectivity index is 1.98. The third-order valence-corrected chi connectivity index (χ3v) is 4.08. The van der Waals surface area contributed by atoms with Gasteiger partial charge in [0.25, 0.3) is 0 Å². The number of nitrogens with zero attached hydrogens (tertiary/aromatic N) is 3.